The maximum absolute atomic E-state index is 12.1. The summed E-state index contributed by atoms with van der Waals surface area (Å²) in [6.07, 6.45) is 2.74. The van der Waals surface area contributed by atoms with Crippen LogP contribution in [0.4, 0.5) is 11.4 Å². The molecule has 0 bridgehead atoms. The molecule has 0 aliphatic heterocycles. The molecular weight excluding hydrogens is 412 g/mol. The molecule has 0 unspecified atom stereocenters. The Balaban J connectivity index is 1.93. The molecule has 0 fully saturated rings. The summed E-state index contributed by atoms with van der Waals surface area (Å²) in [5, 5.41) is 21.9. The van der Waals surface area contributed by atoms with Crippen LogP contribution in [0.5, 0.6) is 0 Å². The number of nitrogens with two attached hydrogens (primary N) is 1. The zero-order valence-corrected chi connectivity index (χ0v) is 15.8. The normalized spacial score (nSPS) is 10.6. The van der Waals surface area contributed by atoms with Gasteiger partial charge in [0.05, 0.1) is 16.4 Å². The highest BCUT2D eigenvalue weighted by Crippen LogP contribution is 2.27. The number of aryl methyl sites for hydroxylation is 1. The third-order valence-electron chi connectivity index (χ3n) is 3.26. The summed E-state index contributed by atoms with van der Waals surface area (Å²) in [4.78, 5) is 22.3. The summed E-state index contributed by atoms with van der Waals surface area (Å²) in [5.41, 5.74) is 0.393. The van der Waals surface area contributed by atoms with E-state index in [9.17, 15) is 14.9 Å². The van der Waals surface area contributed by atoms with Crippen LogP contribution in [0, 0.1) is 10.1 Å². The van der Waals surface area contributed by atoms with E-state index in [-0.39, 0.29) is 17.3 Å². The number of carbonyl (C=O) groups is 1. The van der Waals surface area contributed by atoms with Crippen LogP contribution in [0.15, 0.2) is 27.8 Å². The van der Waals surface area contributed by atoms with Gasteiger partial charge in [0.1, 0.15) is 0 Å². The number of benzene rings is 1. The van der Waals surface area contributed by atoms with Crippen molar-refractivity contribution in [3.8, 4) is 0 Å². The molecule has 0 radical (unpaired) electrons. The number of carbonyl (C=O) groups excluding carboxylic acids is 1. The molecule has 0 saturated heterocycles. The van der Waals surface area contributed by atoms with Crippen molar-refractivity contribution in [1.29, 1.82) is 0 Å². The lowest BCUT2D eigenvalue weighted by Gasteiger charge is -2.07. The maximum Gasteiger partial charge on any atom is 0.270 e. The highest BCUT2D eigenvalue weighted by atomic mass is 79.9. The molecule has 134 valence electrons. The van der Waals surface area contributed by atoms with Crippen LogP contribution in [0.25, 0.3) is 0 Å². The molecule has 25 heavy (non-hydrogen) atoms. The highest BCUT2D eigenvalue weighted by Gasteiger charge is 2.14. The minimum atomic E-state index is -0.504. The number of nitro benzene ring substituents is 1. The topological polar surface area (TPSA) is 129 Å². The summed E-state index contributed by atoms with van der Waals surface area (Å²) in [7, 11) is 0. The first kappa shape index (κ1) is 19.2. The Morgan fingerprint density at radius 3 is 2.88 bits per heavy atom. The Morgan fingerprint density at radius 1 is 1.48 bits per heavy atom. The lowest BCUT2D eigenvalue weighted by atomic mass is 10.2. The van der Waals surface area contributed by atoms with Gasteiger partial charge in [-0.3, -0.25) is 14.9 Å². The summed E-state index contributed by atoms with van der Waals surface area (Å²) in [6, 6.07) is 4.13. The standard InChI is InChI=1S/C14H17BrN6O3S/c1-2-3-4-12-18-19-14(20(12)16)25-8-13(22)17-11-6-5-9(21(23)24)7-10(11)15/h5-7H,2-4,8,16H2,1H3,(H,17,22). The lowest BCUT2D eigenvalue weighted by molar-refractivity contribution is -0.384. The van der Waals surface area contributed by atoms with Crippen molar-refractivity contribution in [2.24, 2.45) is 0 Å². The van der Waals surface area contributed by atoms with E-state index < -0.39 is 4.92 Å². The van der Waals surface area contributed by atoms with Crippen LogP contribution in [-0.2, 0) is 11.2 Å². The Hall–Kier alpha value is -2.14. The van der Waals surface area contributed by atoms with E-state index in [4.69, 9.17) is 5.84 Å². The Labute approximate surface area is 156 Å². The molecule has 0 aliphatic carbocycles. The van der Waals surface area contributed by atoms with Gasteiger partial charge in [-0.25, -0.2) is 4.68 Å². The van der Waals surface area contributed by atoms with Crippen molar-refractivity contribution < 1.29 is 9.72 Å². The van der Waals surface area contributed by atoms with Crippen LogP contribution < -0.4 is 11.2 Å². The molecule has 0 saturated carbocycles. The van der Waals surface area contributed by atoms with E-state index in [1.165, 1.54) is 34.6 Å². The second kappa shape index (κ2) is 8.81. The van der Waals surface area contributed by atoms with Crippen LogP contribution in [0.3, 0.4) is 0 Å². The van der Waals surface area contributed by atoms with Gasteiger partial charge in [0.25, 0.3) is 5.69 Å². The van der Waals surface area contributed by atoms with Gasteiger partial charge >= 0.3 is 0 Å². The number of anilines is 1. The van der Waals surface area contributed by atoms with Crippen LogP contribution in [0.2, 0.25) is 0 Å². The van der Waals surface area contributed by atoms with Gasteiger partial charge in [-0.1, -0.05) is 25.1 Å². The van der Waals surface area contributed by atoms with Crippen molar-refractivity contribution >= 4 is 45.0 Å². The van der Waals surface area contributed by atoms with E-state index in [0.717, 1.165) is 19.3 Å². The number of thioether (sulfide) groups is 1. The number of nitrogen functional groups attached to an aromatic ring is 1. The van der Waals surface area contributed by atoms with Gasteiger partial charge in [0.15, 0.2) is 5.82 Å². The zero-order valence-electron chi connectivity index (χ0n) is 13.4. The third kappa shape index (κ3) is 5.16. The number of nitrogens with zero attached hydrogens (tertiary/aromatic N) is 4. The molecule has 1 amide bonds. The number of nitro groups is 1. The molecule has 9 nitrogen and oxygen atoms in total. The fourth-order valence-electron chi connectivity index (χ4n) is 1.95. The first-order valence-corrected chi connectivity index (χ1v) is 9.26. The van der Waals surface area contributed by atoms with E-state index in [2.05, 4.69) is 38.4 Å². The fourth-order valence-corrected chi connectivity index (χ4v) is 3.09. The predicted octanol–water partition coefficient (Wildman–Crippen LogP) is 2.74. The molecular formula is C14H17BrN6O3S. The molecule has 0 spiro atoms. The van der Waals surface area contributed by atoms with E-state index >= 15 is 0 Å². The number of nitrogens with one attached hydrogen (secondary N) is 1. The van der Waals surface area contributed by atoms with Crippen molar-refractivity contribution in [3.63, 3.8) is 0 Å². The number of hydrogen-bond acceptors (Lipinski definition) is 7. The van der Waals surface area contributed by atoms with Crippen molar-refractivity contribution in [2.45, 2.75) is 31.3 Å². The van der Waals surface area contributed by atoms with Crippen LogP contribution in [0.1, 0.15) is 25.6 Å². The highest BCUT2D eigenvalue weighted by molar-refractivity contribution is 9.10. The molecule has 2 rings (SSSR count). The largest absolute Gasteiger partial charge is 0.336 e. The second-order valence-electron chi connectivity index (χ2n) is 5.13. The number of non-ortho nitro benzene ring substituents is 1. The maximum atomic E-state index is 12.1. The van der Waals surface area contributed by atoms with Gasteiger partial charge in [0.2, 0.25) is 11.1 Å². The molecule has 1 heterocycles. The van der Waals surface area contributed by atoms with Crippen molar-refractivity contribution in [2.75, 3.05) is 16.9 Å². The fraction of sp³-hybridized carbons (Fsp3) is 0.357. The molecule has 0 aliphatic rings. The van der Waals surface area contributed by atoms with Crippen molar-refractivity contribution in [3.05, 3.63) is 38.6 Å². The van der Waals surface area contributed by atoms with E-state index in [1.807, 2.05) is 0 Å². The molecule has 2 aromatic rings. The van der Waals surface area contributed by atoms with Crippen LogP contribution in [-0.4, -0.2) is 31.5 Å². The van der Waals surface area contributed by atoms with E-state index in [1.54, 1.807) is 0 Å². The zero-order chi connectivity index (χ0) is 18.4. The number of rotatable bonds is 8. The Kier molecular flexibility index (Phi) is 6.76. The average Bonchev–Trinajstić information content (AvgIpc) is 2.92. The number of halogens is 1. The number of aromatic nitrogens is 3. The summed E-state index contributed by atoms with van der Waals surface area (Å²) >= 11 is 4.38. The minimum Gasteiger partial charge on any atom is -0.336 e. The average molecular weight is 429 g/mol. The molecule has 1 aromatic carbocycles. The predicted molar refractivity (Wildman–Crippen MR) is 98.9 cm³/mol. The second-order valence-corrected chi connectivity index (χ2v) is 6.93. The first-order valence-electron chi connectivity index (χ1n) is 7.48. The summed E-state index contributed by atoms with van der Waals surface area (Å²) < 4.78 is 1.83. The summed E-state index contributed by atoms with van der Waals surface area (Å²) in [5.74, 6) is 6.41. The Morgan fingerprint density at radius 2 is 2.24 bits per heavy atom. The van der Waals surface area contributed by atoms with Crippen LogP contribution >= 0.6 is 27.7 Å². The number of unbranched alkanes of at least 4 members (excludes halogenated alkanes) is 1. The summed E-state index contributed by atoms with van der Waals surface area (Å²) in [6.45, 7) is 2.08. The molecule has 3 N–H and O–H groups in total. The lowest BCUT2D eigenvalue weighted by Crippen LogP contribution is -2.17. The molecule has 1 aromatic heterocycles. The van der Waals surface area contributed by atoms with Gasteiger partial charge < -0.3 is 11.2 Å². The van der Waals surface area contributed by atoms with Gasteiger partial charge in [0, 0.05) is 23.0 Å². The quantitative estimate of drug-likeness (QED) is 0.286. The smallest absolute Gasteiger partial charge is 0.270 e. The number of amides is 1. The van der Waals surface area contributed by atoms with Gasteiger partial charge in [-0.15, -0.1) is 10.2 Å². The van der Waals surface area contributed by atoms with E-state index in [0.29, 0.717) is 21.1 Å². The third-order valence-corrected chi connectivity index (χ3v) is 4.86. The van der Waals surface area contributed by atoms with Gasteiger partial charge in [-0.05, 0) is 28.4 Å². The first-order chi connectivity index (χ1) is 11.9. The molecule has 0 atom stereocenters. The number of hydrogen-bond donors (Lipinski definition) is 2. The monoisotopic (exact) mass is 428 g/mol. The van der Waals surface area contributed by atoms with Gasteiger partial charge in [-0.2, -0.15) is 0 Å². The SMILES string of the molecule is CCCCc1nnc(SCC(=O)Nc2ccc([N+](=O)[O-])cc2Br)n1N. The van der Waals surface area contributed by atoms with Crippen molar-refractivity contribution in [1.82, 2.24) is 14.9 Å². The molecule has 11 heteroatoms. The Bertz CT molecular complexity index is 782. The minimum absolute atomic E-state index is 0.0601.